The Balaban J connectivity index is 2.02. The number of ether oxygens (including phenoxy) is 2. The molecule has 1 amide bonds. The number of rotatable bonds is 6. The van der Waals surface area contributed by atoms with Gasteiger partial charge in [-0.25, -0.2) is 4.79 Å². The molecule has 124 valence electrons. The molecule has 0 heterocycles. The predicted octanol–water partition coefficient (Wildman–Crippen LogP) is 2.69. The summed E-state index contributed by atoms with van der Waals surface area (Å²) in [6, 6.07) is 13.0. The molecule has 0 saturated carbocycles. The molecule has 1 N–H and O–H groups in total. The molecule has 2 aromatic carbocycles. The van der Waals surface area contributed by atoms with Crippen LogP contribution in [0.3, 0.4) is 0 Å². The Morgan fingerprint density at radius 2 is 1.79 bits per heavy atom. The van der Waals surface area contributed by atoms with E-state index in [1.807, 2.05) is 0 Å². The van der Waals surface area contributed by atoms with E-state index in [0.29, 0.717) is 17.0 Å². The van der Waals surface area contributed by atoms with Gasteiger partial charge in [0, 0.05) is 12.6 Å². The van der Waals surface area contributed by atoms with Gasteiger partial charge >= 0.3 is 5.97 Å². The second kappa shape index (κ2) is 7.92. The van der Waals surface area contributed by atoms with Crippen molar-refractivity contribution >= 4 is 23.3 Å². The molecule has 0 fully saturated rings. The van der Waals surface area contributed by atoms with Crippen LogP contribution >= 0.6 is 0 Å². The van der Waals surface area contributed by atoms with Crippen molar-refractivity contribution in [2.24, 2.45) is 0 Å². The van der Waals surface area contributed by atoms with Gasteiger partial charge in [0.2, 0.25) is 11.7 Å². The zero-order valence-corrected chi connectivity index (χ0v) is 13.4. The number of ketones is 1. The summed E-state index contributed by atoms with van der Waals surface area (Å²) >= 11 is 0. The Bertz CT molecular complexity index is 770. The third kappa shape index (κ3) is 4.42. The Morgan fingerprint density at radius 1 is 1.04 bits per heavy atom. The Kier molecular flexibility index (Phi) is 5.68. The van der Waals surface area contributed by atoms with Crippen LogP contribution in [0.2, 0.25) is 0 Å². The number of benzene rings is 2. The second-order valence-corrected chi connectivity index (χ2v) is 4.96. The van der Waals surface area contributed by atoms with Crippen molar-refractivity contribution in [2.45, 2.75) is 6.92 Å². The summed E-state index contributed by atoms with van der Waals surface area (Å²) in [5.41, 5.74) is 1.07. The van der Waals surface area contributed by atoms with Gasteiger partial charge in [-0.05, 0) is 30.3 Å². The SMILES string of the molecule is COc1ccccc1C(=O)COC(=O)c1cccc(NC(C)=O)c1. The Morgan fingerprint density at radius 3 is 2.50 bits per heavy atom. The van der Waals surface area contributed by atoms with Crippen LogP contribution < -0.4 is 10.1 Å². The third-order valence-electron chi connectivity index (χ3n) is 3.16. The smallest absolute Gasteiger partial charge is 0.338 e. The molecule has 0 saturated heterocycles. The first-order valence-electron chi connectivity index (χ1n) is 7.22. The molecule has 0 bridgehead atoms. The van der Waals surface area contributed by atoms with Crippen LogP contribution in [0.4, 0.5) is 5.69 Å². The van der Waals surface area contributed by atoms with E-state index in [-0.39, 0.29) is 17.3 Å². The maximum absolute atomic E-state index is 12.2. The van der Waals surface area contributed by atoms with E-state index in [1.165, 1.54) is 20.1 Å². The first kappa shape index (κ1) is 17.2. The number of anilines is 1. The number of nitrogens with one attached hydrogen (secondary N) is 1. The molecule has 0 radical (unpaired) electrons. The average molecular weight is 327 g/mol. The number of para-hydroxylation sites is 1. The van der Waals surface area contributed by atoms with E-state index < -0.39 is 12.6 Å². The lowest BCUT2D eigenvalue weighted by Crippen LogP contribution is -2.15. The molecule has 0 aromatic heterocycles. The van der Waals surface area contributed by atoms with Crippen molar-refractivity contribution in [1.29, 1.82) is 0 Å². The number of Topliss-reactive ketones (excluding diaryl/α,β-unsaturated/α-hetero) is 1. The lowest BCUT2D eigenvalue weighted by Gasteiger charge is -2.09. The summed E-state index contributed by atoms with van der Waals surface area (Å²) in [5.74, 6) is -0.831. The number of esters is 1. The molecule has 0 unspecified atom stereocenters. The summed E-state index contributed by atoms with van der Waals surface area (Å²) in [6.45, 7) is 0.973. The molecule has 0 spiro atoms. The van der Waals surface area contributed by atoms with E-state index in [2.05, 4.69) is 5.32 Å². The van der Waals surface area contributed by atoms with Crippen molar-refractivity contribution in [1.82, 2.24) is 0 Å². The minimum atomic E-state index is -0.648. The summed E-state index contributed by atoms with van der Waals surface area (Å²) in [4.78, 5) is 35.3. The lowest BCUT2D eigenvalue weighted by molar-refractivity contribution is -0.114. The number of hydrogen-bond donors (Lipinski definition) is 1. The van der Waals surface area contributed by atoms with Crippen LogP contribution in [0.25, 0.3) is 0 Å². The van der Waals surface area contributed by atoms with E-state index in [9.17, 15) is 14.4 Å². The molecule has 6 nitrogen and oxygen atoms in total. The van der Waals surface area contributed by atoms with Gasteiger partial charge in [-0.1, -0.05) is 18.2 Å². The molecule has 24 heavy (non-hydrogen) atoms. The van der Waals surface area contributed by atoms with Crippen molar-refractivity contribution in [3.63, 3.8) is 0 Å². The minimum absolute atomic E-state index is 0.244. The first-order valence-corrected chi connectivity index (χ1v) is 7.22. The van der Waals surface area contributed by atoms with Gasteiger partial charge in [0.05, 0.1) is 18.2 Å². The highest BCUT2D eigenvalue weighted by Crippen LogP contribution is 2.18. The quantitative estimate of drug-likeness (QED) is 0.651. The molecule has 0 aliphatic rings. The van der Waals surface area contributed by atoms with E-state index in [1.54, 1.807) is 42.5 Å². The third-order valence-corrected chi connectivity index (χ3v) is 3.16. The van der Waals surface area contributed by atoms with Crippen LogP contribution in [-0.4, -0.2) is 31.4 Å². The molecule has 0 aliphatic carbocycles. The van der Waals surface area contributed by atoms with Gasteiger partial charge < -0.3 is 14.8 Å². The Labute approximate surface area is 139 Å². The summed E-state index contributed by atoms with van der Waals surface area (Å²) in [7, 11) is 1.46. The van der Waals surface area contributed by atoms with E-state index in [0.717, 1.165) is 0 Å². The van der Waals surface area contributed by atoms with Gasteiger partial charge in [-0.3, -0.25) is 9.59 Å². The van der Waals surface area contributed by atoms with Gasteiger partial charge in [-0.15, -0.1) is 0 Å². The topological polar surface area (TPSA) is 81.7 Å². The van der Waals surface area contributed by atoms with Crippen LogP contribution in [-0.2, 0) is 9.53 Å². The second-order valence-electron chi connectivity index (χ2n) is 4.96. The summed E-state index contributed by atoms with van der Waals surface area (Å²) in [6.07, 6.45) is 0. The molecule has 2 rings (SSSR count). The fourth-order valence-corrected chi connectivity index (χ4v) is 2.09. The van der Waals surface area contributed by atoms with Crippen LogP contribution in [0.15, 0.2) is 48.5 Å². The van der Waals surface area contributed by atoms with Crippen LogP contribution in [0.5, 0.6) is 5.75 Å². The Hall–Kier alpha value is -3.15. The molecular formula is C18H17NO5. The predicted molar refractivity (Wildman–Crippen MR) is 88.4 cm³/mol. The minimum Gasteiger partial charge on any atom is -0.496 e. The number of methoxy groups -OCH3 is 1. The molecule has 0 aliphatic heterocycles. The van der Waals surface area contributed by atoms with E-state index in [4.69, 9.17) is 9.47 Å². The number of amides is 1. The molecule has 0 atom stereocenters. The van der Waals surface area contributed by atoms with Crippen molar-refractivity contribution < 1.29 is 23.9 Å². The normalized spacial score (nSPS) is 9.92. The fraction of sp³-hybridized carbons (Fsp3) is 0.167. The van der Waals surface area contributed by atoms with Gasteiger partial charge in [0.1, 0.15) is 5.75 Å². The highest BCUT2D eigenvalue weighted by atomic mass is 16.5. The largest absolute Gasteiger partial charge is 0.496 e. The standard InChI is InChI=1S/C18H17NO5/c1-12(20)19-14-7-5-6-13(10-14)18(22)24-11-16(21)15-8-3-4-9-17(15)23-2/h3-10H,11H2,1-2H3,(H,19,20). The molecular weight excluding hydrogens is 310 g/mol. The molecule has 2 aromatic rings. The lowest BCUT2D eigenvalue weighted by atomic mass is 10.1. The number of carbonyl (C=O) groups excluding carboxylic acids is 3. The maximum atomic E-state index is 12.2. The number of hydrogen-bond acceptors (Lipinski definition) is 5. The van der Waals surface area contributed by atoms with Gasteiger partial charge in [0.25, 0.3) is 0 Å². The number of carbonyl (C=O) groups is 3. The fourth-order valence-electron chi connectivity index (χ4n) is 2.09. The van der Waals surface area contributed by atoms with Crippen LogP contribution in [0, 0.1) is 0 Å². The zero-order chi connectivity index (χ0) is 17.5. The maximum Gasteiger partial charge on any atom is 0.338 e. The monoisotopic (exact) mass is 327 g/mol. The van der Waals surface area contributed by atoms with Crippen molar-refractivity contribution in [2.75, 3.05) is 19.0 Å². The van der Waals surface area contributed by atoms with Crippen molar-refractivity contribution in [3.05, 3.63) is 59.7 Å². The highest BCUT2D eigenvalue weighted by Gasteiger charge is 2.15. The summed E-state index contributed by atoms with van der Waals surface area (Å²) in [5, 5.41) is 2.58. The average Bonchev–Trinajstić information content (AvgIpc) is 2.59. The van der Waals surface area contributed by atoms with Crippen molar-refractivity contribution in [3.8, 4) is 5.75 Å². The van der Waals surface area contributed by atoms with Crippen LogP contribution in [0.1, 0.15) is 27.6 Å². The summed E-state index contributed by atoms with van der Waals surface area (Å²) < 4.78 is 10.2. The van der Waals surface area contributed by atoms with E-state index >= 15 is 0 Å². The molecule has 6 heteroatoms. The van der Waals surface area contributed by atoms with Gasteiger partial charge in [0.15, 0.2) is 6.61 Å². The zero-order valence-electron chi connectivity index (χ0n) is 13.4. The highest BCUT2D eigenvalue weighted by molar-refractivity contribution is 6.01. The van der Waals surface area contributed by atoms with Gasteiger partial charge in [-0.2, -0.15) is 0 Å². The first-order chi connectivity index (χ1) is 11.5.